The number of methoxy groups -OCH3 is 1. The maximum atomic E-state index is 12.2. The highest BCUT2D eigenvalue weighted by Gasteiger charge is 2.29. The number of likely N-dealkylation sites (tertiary alicyclic amines) is 1. The third kappa shape index (κ3) is 5.58. The first kappa shape index (κ1) is 17.9. The van der Waals surface area contributed by atoms with E-state index in [1.165, 1.54) is 26.0 Å². The zero-order valence-corrected chi connectivity index (χ0v) is 13.4. The Labute approximate surface area is 134 Å². The molecule has 1 N–H and O–H groups in total. The minimum absolute atomic E-state index is 0.101. The number of hydrogen-bond acceptors (Lipinski definition) is 4. The molecule has 0 bridgehead atoms. The summed E-state index contributed by atoms with van der Waals surface area (Å²) in [5.74, 6) is 0.413. The van der Waals surface area contributed by atoms with Crippen LogP contribution in [-0.2, 0) is 6.54 Å². The molecule has 130 valence electrons. The van der Waals surface area contributed by atoms with E-state index in [2.05, 4.69) is 17.3 Å². The Morgan fingerprint density at radius 2 is 2.09 bits per heavy atom. The van der Waals surface area contributed by atoms with E-state index in [1.54, 1.807) is 12.1 Å². The van der Waals surface area contributed by atoms with E-state index >= 15 is 0 Å². The van der Waals surface area contributed by atoms with Gasteiger partial charge < -0.3 is 19.7 Å². The Bertz CT molecular complexity index is 509. The summed E-state index contributed by atoms with van der Waals surface area (Å²) in [4.78, 5) is 2.33. The van der Waals surface area contributed by atoms with Crippen LogP contribution >= 0.6 is 0 Å². The summed E-state index contributed by atoms with van der Waals surface area (Å²) in [6.07, 6.45) is -1.95. The molecule has 2 rings (SSSR count). The van der Waals surface area contributed by atoms with E-state index in [9.17, 15) is 13.2 Å². The molecule has 1 aliphatic rings. The highest BCUT2D eigenvalue weighted by molar-refractivity contribution is 5.43. The summed E-state index contributed by atoms with van der Waals surface area (Å²) < 4.78 is 46.6. The first-order valence-corrected chi connectivity index (χ1v) is 7.66. The number of nitrogens with one attached hydrogen (secondary N) is 1. The minimum Gasteiger partial charge on any atom is -0.493 e. The molecule has 0 aliphatic carbocycles. The molecule has 0 saturated carbocycles. The quantitative estimate of drug-likeness (QED) is 0.832. The Morgan fingerprint density at radius 1 is 1.30 bits per heavy atom. The highest BCUT2D eigenvalue weighted by Crippen LogP contribution is 2.29. The third-order valence-corrected chi connectivity index (χ3v) is 4.00. The second-order valence-corrected chi connectivity index (χ2v) is 5.80. The molecule has 1 unspecified atom stereocenters. The summed E-state index contributed by atoms with van der Waals surface area (Å²) in [6, 6.07) is 5.52. The molecule has 7 heteroatoms. The van der Waals surface area contributed by atoms with Crippen molar-refractivity contribution in [1.82, 2.24) is 10.2 Å². The molecule has 0 radical (unpaired) electrons. The third-order valence-electron chi connectivity index (χ3n) is 4.00. The van der Waals surface area contributed by atoms with E-state index < -0.39 is 12.8 Å². The van der Waals surface area contributed by atoms with Gasteiger partial charge in [-0.05, 0) is 44.1 Å². The summed E-state index contributed by atoms with van der Waals surface area (Å²) >= 11 is 0. The lowest BCUT2D eigenvalue weighted by Gasteiger charge is -2.20. The summed E-state index contributed by atoms with van der Waals surface area (Å²) in [5, 5.41) is 3.38. The van der Waals surface area contributed by atoms with Crippen LogP contribution in [0.3, 0.4) is 0 Å². The van der Waals surface area contributed by atoms with Crippen molar-refractivity contribution < 1.29 is 22.6 Å². The Hall–Kier alpha value is -1.47. The van der Waals surface area contributed by atoms with Gasteiger partial charge >= 0.3 is 6.18 Å². The van der Waals surface area contributed by atoms with Crippen LogP contribution in [-0.4, -0.2) is 51.0 Å². The Kier molecular flexibility index (Phi) is 6.12. The average molecular weight is 332 g/mol. The van der Waals surface area contributed by atoms with Gasteiger partial charge in [-0.25, -0.2) is 0 Å². The predicted octanol–water partition coefficient (Wildman–Crippen LogP) is 2.82. The number of alkyl halides is 3. The molecular formula is C16H23F3N2O2. The van der Waals surface area contributed by atoms with Crippen molar-refractivity contribution in [3.8, 4) is 11.5 Å². The van der Waals surface area contributed by atoms with E-state index in [-0.39, 0.29) is 5.75 Å². The molecule has 1 aliphatic heterocycles. The number of ether oxygens (including phenoxy) is 2. The standard InChI is InChI=1S/C16H23F3N2O2/c1-21-7-3-4-13(21)10-20-9-12-5-6-14(15(8-12)22-2)23-11-16(17,18)19/h5-6,8,13,20H,3-4,7,9-11H2,1-2H3. The van der Waals surface area contributed by atoms with Gasteiger partial charge in [0, 0.05) is 19.1 Å². The number of halogens is 3. The predicted molar refractivity (Wildman–Crippen MR) is 81.9 cm³/mol. The first-order chi connectivity index (χ1) is 10.9. The molecule has 4 nitrogen and oxygen atoms in total. The molecule has 1 aromatic carbocycles. The van der Waals surface area contributed by atoms with Crippen LogP contribution in [0.5, 0.6) is 11.5 Å². The van der Waals surface area contributed by atoms with Gasteiger partial charge in [-0.1, -0.05) is 6.07 Å². The highest BCUT2D eigenvalue weighted by atomic mass is 19.4. The lowest BCUT2D eigenvalue weighted by Crippen LogP contribution is -2.35. The SMILES string of the molecule is COc1cc(CNCC2CCCN2C)ccc1OCC(F)(F)F. The lowest BCUT2D eigenvalue weighted by atomic mass is 10.2. The minimum atomic E-state index is -4.36. The van der Waals surface area contributed by atoms with E-state index in [4.69, 9.17) is 9.47 Å². The summed E-state index contributed by atoms with van der Waals surface area (Å²) in [6.45, 7) is 1.34. The molecule has 1 fully saturated rings. The molecule has 1 heterocycles. The fraction of sp³-hybridized carbons (Fsp3) is 0.625. The maximum absolute atomic E-state index is 12.2. The number of likely N-dealkylation sites (N-methyl/N-ethyl adjacent to an activating group) is 1. The van der Waals surface area contributed by atoms with Crippen LogP contribution in [0.2, 0.25) is 0 Å². The van der Waals surface area contributed by atoms with Crippen molar-refractivity contribution in [2.45, 2.75) is 31.6 Å². The molecule has 0 amide bonds. The van der Waals surface area contributed by atoms with Crippen molar-refractivity contribution >= 4 is 0 Å². The van der Waals surface area contributed by atoms with E-state index in [1.807, 2.05) is 0 Å². The van der Waals surface area contributed by atoms with Crippen LogP contribution in [0, 0.1) is 0 Å². The largest absolute Gasteiger partial charge is 0.493 e. The van der Waals surface area contributed by atoms with Gasteiger partial charge in [-0.3, -0.25) is 0 Å². The molecule has 1 aromatic rings. The molecule has 0 aromatic heterocycles. The second-order valence-electron chi connectivity index (χ2n) is 5.80. The van der Waals surface area contributed by atoms with Crippen molar-refractivity contribution in [1.29, 1.82) is 0 Å². The van der Waals surface area contributed by atoms with Crippen molar-refractivity contribution in [2.75, 3.05) is 33.9 Å². The number of nitrogens with zero attached hydrogens (tertiary/aromatic N) is 1. The van der Waals surface area contributed by atoms with Gasteiger partial charge in [0.05, 0.1) is 7.11 Å². The fourth-order valence-corrected chi connectivity index (χ4v) is 2.72. The van der Waals surface area contributed by atoms with Gasteiger partial charge in [0.25, 0.3) is 0 Å². The van der Waals surface area contributed by atoms with Crippen molar-refractivity contribution in [3.63, 3.8) is 0 Å². The molecule has 1 atom stereocenters. The average Bonchev–Trinajstić information content (AvgIpc) is 2.90. The van der Waals surface area contributed by atoms with Crippen molar-refractivity contribution in [3.05, 3.63) is 23.8 Å². The molecule has 1 saturated heterocycles. The summed E-state index contributed by atoms with van der Waals surface area (Å²) in [5.41, 5.74) is 0.946. The Morgan fingerprint density at radius 3 is 2.70 bits per heavy atom. The number of benzene rings is 1. The van der Waals surface area contributed by atoms with E-state index in [0.717, 1.165) is 18.7 Å². The van der Waals surface area contributed by atoms with Gasteiger partial charge in [0.2, 0.25) is 0 Å². The monoisotopic (exact) mass is 332 g/mol. The van der Waals surface area contributed by atoms with E-state index in [0.29, 0.717) is 18.3 Å². The van der Waals surface area contributed by atoms with Gasteiger partial charge in [0.1, 0.15) is 0 Å². The van der Waals surface area contributed by atoms with Crippen LogP contribution < -0.4 is 14.8 Å². The zero-order valence-electron chi connectivity index (χ0n) is 13.4. The van der Waals surface area contributed by atoms with Crippen LogP contribution in [0.4, 0.5) is 13.2 Å². The first-order valence-electron chi connectivity index (χ1n) is 7.66. The van der Waals surface area contributed by atoms with Gasteiger partial charge in [-0.2, -0.15) is 13.2 Å². The summed E-state index contributed by atoms with van der Waals surface area (Å²) in [7, 11) is 3.54. The molecule has 0 spiro atoms. The molecule has 23 heavy (non-hydrogen) atoms. The zero-order chi connectivity index (χ0) is 16.9. The van der Waals surface area contributed by atoms with Crippen LogP contribution in [0.25, 0.3) is 0 Å². The van der Waals surface area contributed by atoms with Gasteiger partial charge in [-0.15, -0.1) is 0 Å². The smallest absolute Gasteiger partial charge is 0.422 e. The van der Waals surface area contributed by atoms with Crippen LogP contribution in [0.1, 0.15) is 18.4 Å². The van der Waals surface area contributed by atoms with Gasteiger partial charge in [0.15, 0.2) is 18.1 Å². The maximum Gasteiger partial charge on any atom is 0.422 e. The lowest BCUT2D eigenvalue weighted by molar-refractivity contribution is -0.153. The second kappa shape index (κ2) is 7.88. The fourth-order valence-electron chi connectivity index (χ4n) is 2.72. The Balaban J connectivity index is 1.87. The molecular weight excluding hydrogens is 309 g/mol. The number of rotatable bonds is 7. The van der Waals surface area contributed by atoms with Crippen molar-refractivity contribution in [2.24, 2.45) is 0 Å². The topological polar surface area (TPSA) is 33.7 Å². The number of hydrogen-bond donors (Lipinski definition) is 1. The van der Waals surface area contributed by atoms with Crippen LogP contribution in [0.15, 0.2) is 18.2 Å². The normalized spacial score (nSPS) is 19.1.